The summed E-state index contributed by atoms with van der Waals surface area (Å²) in [7, 11) is 1.91. The van der Waals surface area contributed by atoms with Crippen molar-refractivity contribution in [2.75, 3.05) is 19.0 Å². The number of aromatic nitrogens is 2. The van der Waals surface area contributed by atoms with Gasteiger partial charge >= 0.3 is 0 Å². The van der Waals surface area contributed by atoms with Crippen LogP contribution in [0.1, 0.15) is 62.2 Å². The highest BCUT2D eigenvalue weighted by Gasteiger charge is 2.28. The molecule has 1 N–H and O–H groups in total. The molecule has 0 spiro atoms. The number of aryl methyl sites for hydroxylation is 1. The average Bonchev–Trinajstić information content (AvgIpc) is 2.48. The van der Waals surface area contributed by atoms with E-state index in [1.165, 1.54) is 32.1 Å². The molecule has 4 heteroatoms. The van der Waals surface area contributed by atoms with Crippen LogP contribution in [0.5, 0.6) is 0 Å². The Balaban J connectivity index is 2.30. The number of anilines is 1. The number of nitrogens with one attached hydrogen (secondary N) is 1. The maximum absolute atomic E-state index is 6.01. The molecule has 0 aliphatic heterocycles. The molecule has 1 aliphatic carbocycles. The SMILES string of the molecule is CCOC(c1nc(C)c(C)c(NC)n1)C1CCCCC1. The molecule has 0 saturated heterocycles. The van der Waals surface area contributed by atoms with Gasteiger partial charge in [-0.15, -0.1) is 0 Å². The van der Waals surface area contributed by atoms with Gasteiger partial charge in [0.25, 0.3) is 0 Å². The molecule has 112 valence electrons. The van der Waals surface area contributed by atoms with Gasteiger partial charge in [0.2, 0.25) is 0 Å². The van der Waals surface area contributed by atoms with Gasteiger partial charge in [0.1, 0.15) is 11.9 Å². The van der Waals surface area contributed by atoms with Crippen molar-refractivity contribution in [1.82, 2.24) is 9.97 Å². The van der Waals surface area contributed by atoms with Crippen LogP contribution in [-0.4, -0.2) is 23.6 Å². The highest BCUT2D eigenvalue weighted by molar-refractivity contribution is 5.45. The van der Waals surface area contributed by atoms with E-state index in [9.17, 15) is 0 Å². The standard InChI is InChI=1S/C16H27N3O/c1-5-20-14(13-9-7-6-8-10-13)16-18-12(3)11(2)15(17-4)19-16/h13-14H,5-10H2,1-4H3,(H,17,18,19). The highest BCUT2D eigenvalue weighted by Crippen LogP contribution is 2.36. The summed E-state index contributed by atoms with van der Waals surface area (Å²) in [4.78, 5) is 9.40. The van der Waals surface area contributed by atoms with E-state index in [4.69, 9.17) is 14.7 Å². The van der Waals surface area contributed by atoms with Crippen LogP contribution in [0.4, 0.5) is 5.82 Å². The molecule has 1 aliphatic rings. The van der Waals surface area contributed by atoms with Gasteiger partial charge in [0.05, 0.1) is 0 Å². The Morgan fingerprint density at radius 2 is 1.90 bits per heavy atom. The molecule has 1 saturated carbocycles. The van der Waals surface area contributed by atoms with Gasteiger partial charge in [-0.2, -0.15) is 0 Å². The summed E-state index contributed by atoms with van der Waals surface area (Å²) in [6.45, 7) is 6.87. The van der Waals surface area contributed by atoms with Gasteiger partial charge in [0.15, 0.2) is 5.82 Å². The zero-order valence-electron chi connectivity index (χ0n) is 13.2. The predicted molar refractivity (Wildman–Crippen MR) is 82.0 cm³/mol. The summed E-state index contributed by atoms with van der Waals surface area (Å²) >= 11 is 0. The molecule has 4 nitrogen and oxygen atoms in total. The van der Waals surface area contributed by atoms with Crippen LogP contribution in [0.2, 0.25) is 0 Å². The van der Waals surface area contributed by atoms with E-state index in [-0.39, 0.29) is 6.10 Å². The Morgan fingerprint density at radius 3 is 2.50 bits per heavy atom. The van der Waals surface area contributed by atoms with E-state index in [2.05, 4.69) is 19.2 Å². The third-order valence-corrected chi connectivity index (χ3v) is 4.32. The fourth-order valence-electron chi connectivity index (χ4n) is 3.06. The Hall–Kier alpha value is -1.16. The molecule has 0 radical (unpaired) electrons. The second-order valence-corrected chi connectivity index (χ2v) is 5.66. The third kappa shape index (κ3) is 3.29. The van der Waals surface area contributed by atoms with Crippen LogP contribution in [-0.2, 0) is 4.74 Å². The molecule has 1 unspecified atom stereocenters. The molecule has 1 aromatic heterocycles. The first-order chi connectivity index (χ1) is 9.67. The summed E-state index contributed by atoms with van der Waals surface area (Å²) in [5.41, 5.74) is 2.16. The first kappa shape index (κ1) is 15.2. The molecular weight excluding hydrogens is 250 g/mol. The highest BCUT2D eigenvalue weighted by atomic mass is 16.5. The summed E-state index contributed by atoms with van der Waals surface area (Å²) in [6.07, 6.45) is 6.47. The fourth-order valence-corrected chi connectivity index (χ4v) is 3.06. The lowest BCUT2D eigenvalue weighted by Gasteiger charge is -2.29. The maximum atomic E-state index is 6.01. The molecule has 20 heavy (non-hydrogen) atoms. The largest absolute Gasteiger partial charge is 0.373 e. The third-order valence-electron chi connectivity index (χ3n) is 4.32. The van der Waals surface area contributed by atoms with Gasteiger partial charge in [-0.3, -0.25) is 0 Å². The van der Waals surface area contributed by atoms with Gasteiger partial charge in [0, 0.05) is 24.9 Å². The summed E-state index contributed by atoms with van der Waals surface area (Å²) in [5, 5.41) is 3.17. The van der Waals surface area contributed by atoms with Crippen molar-refractivity contribution in [3.8, 4) is 0 Å². The number of hydrogen-bond donors (Lipinski definition) is 1. The Kier molecular flexibility index (Phi) is 5.35. The van der Waals surface area contributed by atoms with Crippen molar-refractivity contribution in [2.45, 2.75) is 59.0 Å². The van der Waals surface area contributed by atoms with Crippen LogP contribution in [0.25, 0.3) is 0 Å². The molecule has 1 fully saturated rings. The maximum Gasteiger partial charge on any atom is 0.160 e. The van der Waals surface area contributed by atoms with Crippen molar-refractivity contribution >= 4 is 5.82 Å². The van der Waals surface area contributed by atoms with Crippen LogP contribution >= 0.6 is 0 Å². The Morgan fingerprint density at radius 1 is 1.20 bits per heavy atom. The lowest BCUT2D eigenvalue weighted by atomic mass is 9.85. The molecular formula is C16H27N3O. The van der Waals surface area contributed by atoms with E-state index in [0.29, 0.717) is 12.5 Å². The summed E-state index contributed by atoms with van der Waals surface area (Å²) < 4.78 is 6.01. The van der Waals surface area contributed by atoms with E-state index in [1.54, 1.807) is 0 Å². The van der Waals surface area contributed by atoms with Crippen LogP contribution < -0.4 is 5.32 Å². The molecule has 0 aromatic carbocycles. The minimum atomic E-state index is 0.0479. The monoisotopic (exact) mass is 277 g/mol. The quantitative estimate of drug-likeness (QED) is 0.889. The van der Waals surface area contributed by atoms with Crippen molar-refractivity contribution in [2.24, 2.45) is 5.92 Å². The fraction of sp³-hybridized carbons (Fsp3) is 0.750. The smallest absolute Gasteiger partial charge is 0.160 e. The average molecular weight is 277 g/mol. The van der Waals surface area contributed by atoms with E-state index >= 15 is 0 Å². The van der Waals surface area contributed by atoms with E-state index < -0.39 is 0 Å². The minimum absolute atomic E-state index is 0.0479. The number of rotatable bonds is 5. The Labute approximate surface area is 122 Å². The summed E-state index contributed by atoms with van der Waals surface area (Å²) in [6, 6.07) is 0. The Bertz CT molecular complexity index is 442. The lowest BCUT2D eigenvalue weighted by molar-refractivity contribution is -0.000211. The second kappa shape index (κ2) is 7.02. The summed E-state index contributed by atoms with van der Waals surface area (Å²) in [5.74, 6) is 2.34. The van der Waals surface area contributed by atoms with Gasteiger partial charge < -0.3 is 10.1 Å². The topological polar surface area (TPSA) is 47.0 Å². The zero-order valence-corrected chi connectivity index (χ0v) is 13.2. The van der Waals surface area contributed by atoms with Crippen molar-refractivity contribution in [3.05, 3.63) is 17.1 Å². The first-order valence-corrected chi connectivity index (χ1v) is 7.81. The second-order valence-electron chi connectivity index (χ2n) is 5.66. The van der Waals surface area contributed by atoms with Crippen molar-refractivity contribution in [3.63, 3.8) is 0 Å². The number of hydrogen-bond acceptors (Lipinski definition) is 4. The first-order valence-electron chi connectivity index (χ1n) is 7.81. The van der Waals surface area contributed by atoms with Crippen LogP contribution in [0.15, 0.2) is 0 Å². The minimum Gasteiger partial charge on any atom is -0.373 e. The molecule has 0 amide bonds. The molecule has 1 aromatic rings. The van der Waals surface area contributed by atoms with Crippen LogP contribution in [0, 0.1) is 19.8 Å². The van der Waals surface area contributed by atoms with E-state index in [0.717, 1.165) is 22.9 Å². The molecule has 1 atom stereocenters. The van der Waals surface area contributed by atoms with E-state index in [1.807, 2.05) is 14.0 Å². The van der Waals surface area contributed by atoms with Gasteiger partial charge in [-0.25, -0.2) is 9.97 Å². The molecule has 1 heterocycles. The zero-order chi connectivity index (χ0) is 14.5. The van der Waals surface area contributed by atoms with Crippen molar-refractivity contribution < 1.29 is 4.74 Å². The molecule has 0 bridgehead atoms. The van der Waals surface area contributed by atoms with Crippen LogP contribution in [0.3, 0.4) is 0 Å². The lowest BCUT2D eigenvalue weighted by Crippen LogP contribution is -2.22. The predicted octanol–water partition coefficient (Wildman–Crippen LogP) is 3.79. The van der Waals surface area contributed by atoms with Crippen molar-refractivity contribution in [1.29, 1.82) is 0 Å². The van der Waals surface area contributed by atoms with Gasteiger partial charge in [-0.1, -0.05) is 19.3 Å². The normalized spacial score (nSPS) is 18.0. The number of ether oxygens (including phenoxy) is 1. The number of nitrogens with zero attached hydrogens (tertiary/aromatic N) is 2. The molecule has 2 rings (SSSR count). The van der Waals surface area contributed by atoms with Gasteiger partial charge in [-0.05, 0) is 39.5 Å².